The molecule has 0 aliphatic rings. The van der Waals surface area contributed by atoms with Crippen molar-refractivity contribution in [3.63, 3.8) is 0 Å². The molecule has 2 aromatic heterocycles. The van der Waals surface area contributed by atoms with Gasteiger partial charge in [0.15, 0.2) is 11.5 Å². The van der Waals surface area contributed by atoms with Gasteiger partial charge in [0, 0.05) is 32.3 Å². The summed E-state index contributed by atoms with van der Waals surface area (Å²) in [4.78, 5) is 26.4. The second kappa shape index (κ2) is 7.45. The number of nitrogens with one attached hydrogen (secondary N) is 1. The van der Waals surface area contributed by atoms with Crippen molar-refractivity contribution in [3.05, 3.63) is 53.5 Å². The van der Waals surface area contributed by atoms with E-state index in [1.54, 1.807) is 24.8 Å². The number of rotatable bonds is 5. The number of hydrogen-bond donors (Lipinski definition) is 1. The predicted octanol–water partition coefficient (Wildman–Crippen LogP) is 2.82. The Labute approximate surface area is 156 Å². The molecule has 0 radical (unpaired) electrons. The summed E-state index contributed by atoms with van der Waals surface area (Å²) in [6.07, 6.45) is 1.46. The van der Waals surface area contributed by atoms with Crippen LogP contribution in [0.5, 0.6) is 0 Å². The van der Waals surface area contributed by atoms with E-state index >= 15 is 0 Å². The van der Waals surface area contributed by atoms with E-state index in [0.29, 0.717) is 23.7 Å². The topological polar surface area (TPSA) is 93.3 Å². The number of nitrogens with zero attached hydrogens (tertiary/aromatic N) is 4. The van der Waals surface area contributed by atoms with E-state index in [4.69, 9.17) is 4.52 Å². The van der Waals surface area contributed by atoms with Crippen LogP contribution < -0.4 is 5.32 Å². The van der Waals surface area contributed by atoms with Crippen molar-refractivity contribution < 1.29 is 14.1 Å². The van der Waals surface area contributed by atoms with E-state index < -0.39 is 5.91 Å². The Morgan fingerprint density at radius 1 is 1.22 bits per heavy atom. The predicted molar refractivity (Wildman–Crippen MR) is 101 cm³/mol. The summed E-state index contributed by atoms with van der Waals surface area (Å²) in [5, 5.41) is 10.7. The van der Waals surface area contributed by atoms with Gasteiger partial charge in [-0.2, -0.15) is 5.10 Å². The molecule has 0 atom stereocenters. The second-order valence-electron chi connectivity index (χ2n) is 6.32. The van der Waals surface area contributed by atoms with Crippen LogP contribution >= 0.6 is 0 Å². The largest absolute Gasteiger partial charge is 0.355 e. The van der Waals surface area contributed by atoms with Crippen LogP contribution in [0.1, 0.15) is 33.5 Å². The summed E-state index contributed by atoms with van der Waals surface area (Å²) in [6.45, 7) is 4.37. The van der Waals surface area contributed by atoms with Gasteiger partial charge in [-0.1, -0.05) is 35.0 Å². The highest BCUT2D eigenvalue weighted by molar-refractivity contribution is 6.07. The van der Waals surface area contributed by atoms with Crippen molar-refractivity contribution in [3.8, 4) is 11.3 Å². The number of amides is 2. The molecular formula is C19H21N5O3. The normalized spacial score (nSPS) is 10.7. The lowest BCUT2D eigenvalue weighted by Crippen LogP contribution is -2.26. The van der Waals surface area contributed by atoms with Gasteiger partial charge in [0.1, 0.15) is 5.69 Å². The Bertz CT molecular complexity index is 970. The van der Waals surface area contributed by atoms with Crippen molar-refractivity contribution in [2.24, 2.45) is 0 Å². The van der Waals surface area contributed by atoms with Gasteiger partial charge in [0.2, 0.25) is 0 Å². The number of carbonyl (C=O) groups is 2. The summed E-state index contributed by atoms with van der Waals surface area (Å²) in [6, 6.07) is 9.27. The zero-order valence-corrected chi connectivity index (χ0v) is 15.7. The van der Waals surface area contributed by atoms with Crippen LogP contribution in [-0.2, 0) is 6.54 Å². The summed E-state index contributed by atoms with van der Waals surface area (Å²) < 4.78 is 6.83. The van der Waals surface area contributed by atoms with Gasteiger partial charge >= 0.3 is 0 Å². The fraction of sp³-hybridized carbons (Fsp3) is 0.263. The standard InChI is InChI=1S/C19H21N5O3/c1-5-24-17(19(26)23(3)4)15(11-20-24)21-18(25)14-10-16(27-22-14)13-8-6-12(2)7-9-13/h6-11H,5H2,1-4H3,(H,21,25). The molecule has 0 spiro atoms. The smallest absolute Gasteiger partial charge is 0.277 e. The van der Waals surface area contributed by atoms with Crippen molar-refractivity contribution >= 4 is 17.5 Å². The maximum absolute atomic E-state index is 12.6. The van der Waals surface area contributed by atoms with Gasteiger partial charge in [-0.05, 0) is 13.8 Å². The summed E-state index contributed by atoms with van der Waals surface area (Å²) in [7, 11) is 3.29. The first-order chi connectivity index (χ1) is 12.9. The lowest BCUT2D eigenvalue weighted by Gasteiger charge is -2.13. The first-order valence-electron chi connectivity index (χ1n) is 8.53. The Kier molecular flexibility index (Phi) is 5.07. The van der Waals surface area contributed by atoms with Gasteiger partial charge in [-0.3, -0.25) is 14.3 Å². The fourth-order valence-electron chi connectivity index (χ4n) is 2.58. The van der Waals surface area contributed by atoms with Crippen LogP contribution in [0, 0.1) is 6.92 Å². The summed E-state index contributed by atoms with van der Waals surface area (Å²) >= 11 is 0. The van der Waals surface area contributed by atoms with E-state index in [2.05, 4.69) is 15.6 Å². The molecule has 3 aromatic rings. The van der Waals surface area contributed by atoms with E-state index in [-0.39, 0.29) is 11.6 Å². The number of benzene rings is 1. The molecule has 0 aliphatic carbocycles. The van der Waals surface area contributed by atoms with Crippen LogP contribution in [0.3, 0.4) is 0 Å². The van der Waals surface area contributed by atoms with E-state index in [9.17, 15) is 9.59 Å². The van der Waals surface area contributed by atoms with Crippen LogP contribution in [0.25, 0.3) is 11.3 Å². The molecule has 8 heteroatoms. The lowest BCUT2D eigenvalue weighted by molar-refractivity contribution is 0.0816. The number of carbonyl (C=O) groups excluding carboxylic acids is 2. The number of aryl methyl sites for hydroxylation is 2. The third-order valence-corrected chi connectivity index (χ3v) is 4.07. The maximum atomic E-state index is 12.6. The highest BCUT2D eigenvalue weighted by Crippen LogP contribution is 2.22. The van der Waals surface area contributed by atoms with Gasteiger partial charge in [0.05, 0.1) is 11.9 Å². The lowest BCUT2D eigenvalue weighted by atomic mass is 10.1. The monoisotopic (exact) mass is 367 g/mol. The highest BCUT2D eigenvalue weighted by atomic mass is 16.5. The van der Waals surface area contributed by atoms with Crippen LogP contribution in [0.4, 0.5) is 5.69 Å². The maximum Gasteiger partial charge on any atom is 0.277 e. The van der Waals surface area contributed by atoms with Gasteiger partial charge in [-0.25, -0.2) is 0 Å². The van der Waals surface area contributed by atoms with Gasteiger partial charge < -0.3 is 14.7 Å². The van der Waals surface area contributed by atoms with Crippen molar-refractivity contribution in [2.45, 2.75) is 20.4 Å². The first kappa shape index (κ1) is 18.4. The first-order valence-corrected chi connectivity index (χ1v) is 8.53. The van der Waals surface area contributed by atoms with Gasteiger partial charge in [-0.15, -0.1) is 0 Å². The van der Waals surface area contributed by atoms with Crippen LogP contribution in [0.2, 0.25) is 0 Å². The molecule has 27 heavy (non-hydrogen) atoms. The molecule has 0 saturated heterocycles. The molecule has 0 aliphatic heterocycles. The molecule has 2 heterocycles. The molecule has 0 saturated carbocycles. The van der Waals surface area contributed by atoms with Crippen molar-refractivity contribution in [1.29, 1.82) is 0 Å². The minimum Gasteiger partial charge on any atom is -0.355 e. The van der Waals surface area contributed by atoms with Crippen LogP contribution in [0.15, 0.2) is 41.1 Å². The molecule has 1 aromatic carbocycles. The Morgan fingerprint density at radius 2 is 1.93 bits per heavy atom. The molecule has 1 N–H and O–H groups in total. The van der Waals surface area contributed by atoms with E-state index in [0.717, 1.165) is 11.1 Å². The Morgan fingerprint density at radius 3 is 2.56 bits per heavy atom. The summed E-state index contributed by atoms with van der Waals surface area (Å²) in [5.74, 6) is -0.222. The number of aromatic nitrogens is 3. The molecule has 8 nitrogen and oxygen atoms in total. The minimum absolute atomic E-state index is 0.123. The molecule has 0 unspecified atom stereocenters. The SMILES string of the molecule is CCn1ncc(NC(=O)c2cc(-c3ccc(C)cc3)on2)c1C(=O)N(C)C. The molecular weight excluding hydrogens is 346 g/mol. The third-order valence-electron chi connectivity index (χ3n) is 4.07. The van der Waals surface area contributed by atoms with E-state index in [1.165, 1.54) is 11.1 Å². The minimum atomic E-state index is -0.472. The third kappa shape index (κ3) is 3.74. The zero-order valence-electron chi connectivity index (χ0n) is 15.7. The van der Waals surface area contributed by atoms with E-state index in [1.807, 2.05) is 38.1 Å². The average Bonchev–Trinajstić information content (AvgIpc) is 3.28. The quantitative estimate of drug-likeness (QED) is 0.748. The molecule has 140 valence electrons. The molecule has 3 rings (SSSR count). The fourth-order valence-corrected chi connectivity index (χ4v) is 2.58. The highest BCUT2D eigenvalue weighted by Gasteiger charge is 2.22. The summed E-state index contributed by atoms with van der Waals surface area (Å²) in [5.41, 5.74) is 2.73. The molecule has 2 amide bonds. The Hall–Kier alpha value is -3.42. The average molecular weight is 367 g/mol. The molecule has 0 bridgehead atoms. The molecule has 0 fully saturated rings. The van der Waals surface area contributed by atoms with Crippen molar-refractivity contribution in [1.82, 2.24) is 19.8 Å². The van der Waals surface area contributed by atoms with Gasteiger partial charge in [0.25, 0.3) is 11.8 Å². The Balaban J connectivity index is 1.83. The number of anilines is 1. The van der Waals surface area contributed by atoms with Crippen LogP contribution in [-0.4, -0.2) is 45.7 Å². The zero-order chi connectivity index (χ0) is 19.6. The number of hydrogen-bond acceptors (Lipinski definition) is 5. The second-order valence-corrected chi connectivity index (χ2v) is 6.32. The van der Waals surface area contributed by atoms with Crippen molar-refractivity contribution in [2.75, 3.05) is 19.4 Å².